The van der Waals surface area contributed by atoms with E-state index in [0.717, 1.165) is 16.6 Å². The van der Waals surface area contributed by atoms with Crippen molar-refractivity contribution in [3.05, 3.63) is 76.4 Å². The molecule has 1 aliphatic rings. The Morgan fingerprint density at radius 1 is 1.30 bits per heavy atom. The summed E-state index contributed by atoms with van der Waals surface area (Å²) >= 11 is 0. The van der Waals surface area contributed by atoms with E-state index in [1.165, 1.54) is 12.1 Å². The number of benzene rings is 2. The van der Waals surface area contributed by atoms with Gasteiger partial charge in [0.05, 0.1) is 23.4 Å². The average Bonchev–Trinajstić information content (AvgIpc) is 3.38. The Labute approximate surface area is 154 Å². The molecule has 138 valence electrons. The molecular weight excluding hydrogens is 351 g/mol. The number of rotatable bonds is 6. The molecule has 3 aromatic rings. The van der Waals surface area contributed by atoms with Crippen LogP contribution in [0.5, 0.6) is 0 Å². The highest BCUT2D eigenvalue weighted by atomic mass is 19.1. The van der Waals surface area contributed by atoms with Gasteiger partial charge in [0, 0.05) is 17.9 Å². The van der Waals surface area contributed by atoms with Crippen LogP contribution in [0.1, 0.15) is 18.0 Å². The number of nitrogens with zero attached hydrogens (tertiary/aromatic N) is 3. The summed E-state index contributed by atoms with van der Waals surface area (Å²) in [5.74, 6) is -1.33. The molecule has 1 fully saturated rings. The van der Waals surface area contributed by atoms with Crippen molar-refractivity contribution in [2.75, 3.05) is 0 Å². The summed E-state index contributed by atoms with van der Waals surface area (Å²) < 4.78 is 15.2. The Balaban J connectivity index is 1.59. The van der Waals surface area contributed by atoms with Crippen molar-refractivity contribution >= 4 is 16.9 Å². The van der Waals surface area contributed by atoms with E-state index in [1.807, 2.05) is 28.8 Å². The van der Waals surface area contributed by atoms with E-state index in [0.29, 0.717) is 6.54 Å². The zero-order valence-corrected chi connectivity index (χ0v) is 14.3. The fraction of sp³-hybridized carbons (Fsp3) is 0.263. The maximum atomic E-state index is 13.3. The van der Waals surface area contributed by atoms with Gasteiger partial charge in [-0.1, -0.05) is 24.3 Å². The molecule has 3 unspecified atom stereocenters. The first kappa shape index (κ1) is 17.1. The van der Waals surface area contributed by atoms with Crippen LogP contribution in [0.4, 0.5) is 4.39 Å². The van der Waals surface area contributed by atoms with Crippen molar-refractivity contribution in [2.24, 2.45) is 5.92 Å². The molecule has 1 amide bonds. The first-order valence-corrected chi connectivity index (χ1v) is 8.62. The van der Waals surface area contributed by atoms with E-state index in [4.69, 9.17) is 0 Å². The number of carbonyl (C=O) groups excluding carboxylic acids is 1. The Morgan fingerprint density at radius 3 is 2.74 bits per heavy atom. The SMILES string of the molecule is O=C(NC(Cn1cnc2ccccc21)c1ccc(F)cc1)C1CC1[N+](=O)[O-]. The largest absolute Gasteiger partial charge is 0.347 e. The highest BCUT2D eigenvalue weighted by Crippen LogP contribution is 2.34. The molecule has 1 N–H and O–H groups in total. The second-order valence-electron chi connectivity index (χ2n) is 6.69. The van der Waals surface area contributed by atoms with E-state index in [2.05, 4.69) is 10.3 Å². The van der Waals surface area contributed by atoms with Crippen molar-refractivity contribution < 1.29 is 14.1 Å². The predicted octanol–water partition coefficient (Wildman–Crippen LogP) is 2.70. The molecule has 1 aromatic heterocycles. The Kier molecular flexibility index (Phi) is 4.31. The number of amides is 1. The fourth-order valence-electron chi connectivity index (χ4n) is 3.26. The average molecular weight is 368 g/mol. The molecule has 1 heterocycles. The van der Waals surface area contributed by atoms with Crippen LogP contribution in [0.3, 0.4) is 0 Å². The van der Waals surface area contributed by atoms with Gasteiger partial charge in [0.15, 0.2) is 0 Å². The lowest BCUT2D eigenvalue weighted by molar-refractivity contribution is -0.497. The number of halogens is 1. The first-order valence-electron chi connectivity index (χ1n) is 8.62. The minimum Gasteiger partial charge on any atom is -0.347 e. The summed E-state index contributed by atoms with van der Waals surface area (Å²) in [6.45, 7) is 0.383. The number of carbonyl (C=O) groups is 1. The molecule has 4 rings (SSSR count). The van der Waals surface area contributed by atoms with Crippen LogP contribution in [-0.4, -0.2) is 26.4 Å². The van der Waals surface area contributed by atoms with Gasteiger partial charge in [0.2, 0.25) is 11.9 Å². The highest BCUT2D eigenvalue weighted by Gasteiger charge is 2.53. The molecule has 0 spiro atoms. The van der Waals surface area contributed by atoms with Crippen LogP contribution in [0.2, 0.25) is 0 Å². The van der Waals surface area contributed by atoms with Gasteiger partial charge < -0.3 is 9.88 Å². The van der Waals surface area contributed by atoms with Crippen molar-refractivity contribution in [1.82, 2.24) is 14.9 Å². The molecule has 7 nitrogen and oxygen atoms in total. The molecule has 2 aromatic carbocycles. The normalized spacial score (nSPS) is 19.6. The molecule has 27 heavy (non-hydrogen) atoms. The lowest BCUT2D eigenvalue weighted by Gasteiger charge is -2.20. The molecule has 0 radical (unpaired) electrons. The van der Waals surface area contributed by atoms with Crippen LogP contribution < -0.4 is 5.32 Å². The molecule has 1 saturated carbocycles. The minimum atomic E-state index is -0.812. The summed E-state index contributed by atoms with van der Waals surface area (Å²) in [6, 6.07) is 12.2. The Hall–Kier alpha value is -3.29. The number of imidazole rings is 1. The number of aromatic nitrogens is 2. The minimum absolute atomic E-state index is 0.253. The van der Waals surface area contributed by atoms with Crippen LogP contribution >= 0.6 is 0 Å². The topological polar surface area (TPSA) is 90.1 Å². The van der Waals surface area contributed by atoms with Gasteiger partial charge in [-0.2, -0.15) is 0 Å². The Bertz CT molecular complexity index is 1000. The monoisotopic (exact) mass is 368 g/mol. The van der Waals surface area contributed by atoms with Crippen LogP contribution in [0.25, 0.3) is 11.0 Å². The molecule has 0 aliphatic heterocycles. The van der Waals surface area contributed by atoms with E-state index in [-0.39, 0.29) is 18.1 Å². The summed E-state index contributed by atoms with van der Waals surface area (Å²) in [5.41, 5.74) is 2.46. The maximum Gasteiger partial charge on any atom is 0.230 e. The molecule has 0 bridgehead atoms. The zero-order chi connectivity index (χ0) is 19.0. The number of hydrogen-bond donors (Lipinski definition) is 1. The summed E-state index contributed by atoms with van der Waals surface area (Å²) in [6.07, 6.45) is 1.94. The molecule has 3 atom stereocenters. The second kappa shape index (κ2) is 6.79. The maximum absolute atomic E-state index is 13.3. The van der Waals surface area contributed by atoms with Crippen molar-refractivity contribution in [3.63, 3.8) is 0 Å². The lowest BCUT2D eigenvalue weighted by Crippen LogP contribution is -2.33. The van der Waals surface area contributed by atoms with Gasteiger partial charge >= 0.3 is 0 Å². The van der Waals surface area contributed by atoms with E-state index in [1.54, 1.807) is 18.5 Å². The number of hydrogen-bond acceptors (Lipinski definition) is 4. The second-order valence-corrected chi connectivity index (χ2v) is 6.69. The van der Waals surface area contributed by atoms with Gasteiger partial charge in [-0.05, 0) is 29.8 Å². The molecule has 1 aliphatic carbocycles. The van der Waals surface area contributed by atoms with Gasteiger partial charge in [-0.25, -0.2) is 9.37 Å². The van der Waals surface area contributed by atoms with Crippen molar-refractivity contribution in [1.29, 1.82) is 0 Å². The van der Waals surface area contributed by atoms with Crippen molar-refractivity contribution in [3.8, 4) is 0 Å². The standard InChI is InChI=1S/C19H17FN4O3/c20-13-7-5-12(6-8-13)16(22-19(25)14-9-18(14)24(26)27)10-23-11-21-15-3-1-2-4-17(15)23/h1-8,11,14,16,18H,9-10H2,(H,22,25). The quantitative estimate of drug-likeness (QED) is 0.535. The fourth-order valence-corrected chi connectivity index (χ4v) is 3.26. The van der Waals surface area contributed by atoms with Gasteiger partial charge in [0.1, 0.15) is 11.7 Å². The third kappa shape index (κ3) is 3.51. The number of nitro groups is 1. The van der Waals surface area contributed by atoms with E-state index < -0.39 is 22.9 Å². The van der Waals surface area contributed by atoms with Gasteiger partial charge in [-0.3, -0.25) is 14.9 Å². The summed E-state index contributed by atoms with van der Waals surface area (Å²) in [5, 5.41) is 13.7. The number of para-hydroxylation sites is 2. The summed E-state index contributed by atoms with van der Waals surface area (Å²) in [7, 11) is 0. The van der Waals surface area contributed by atoms with Crippen LogP contribution in [-0.2, 0) is 11.3 Å². The van der Waals surface area contributed by atoms with E-state index in [9.17, 15) is 19.3 Å². The predicted molar refractivity (Wildman–Crippen MR) is 95.9 cm³/mol. The number of fused-ring (bicyclic) bond motifs is 1. The van der Waals surface area contributed by atoms with Crippen LogP contribution in [0.15, 0.2) is 54.9 Å². The molecule has 0 saturated heterocycles. The lowest BCUT2D eigenvalue weighted by atomic mass is 10.1. The van der Waals surface area contributed by atoms with Gasteiger partial charge in [-0.15, -0.1) is 0 Å². The third-order valence-electron chi connectivity index (χ3n) is 4.86. The molecular formula is C19H17FN4O3. The van der Waals surface area contributed by atoms with Crippen molar-refractivity contribution in [2.45, 2.75) is 25.0 Å². The van der Waals surface area contributed by atoms with E-state index >= 15 is 0 Å². The van der Waals surface area contributed by atoms with Gasteiger partial charge in [0.25, 0.3) is 0 Å². The Morgan fingerprint density at radius 2 is 2.04 bits per heavy atom. The third-order valence-corrected chi connectivity index (χ3v) is 4.86. The zero-order valence-electron chi connectivity index (χ0n) is 14.3. The molecule has 8 heteroatoms. The summed E-state index contributed by atoms with van der Waals surface area (Å²) in [4.78, 5) is 27.2. The first-order chi connectivity index (χ1) is 13.0. The highest BCUT2D eigenvalue weighted by molar-refractivity contribution is 5.82. The van der Waals surface area contributed by atoms with Crippen LogP contribution in [0, 0.1) is 21.8 Å². The number of nitrogens with one attached hydrogen (secondary N) is 1. The smallest absolute Gasteiger partial charge is 0.230 e.